The quantitative estimate of drug-likeness (QED) is 0.871. The van der Waals surface area contributed by atoms with Crippen molar-refractivity contribution in [3.8, 4) is 5.75 Å². The van der Waals surface area contributed by atoms with Crippen molar-refractivity contribution < 1.29 is 4.74 Å². The molecule has 17 heavy (non-hydrogen) atoms. The molecule has 2 aromatic rings. The zero-order valence-corrected chi connectivity index (χ0v) is 10.0. The molecule has 2 N–H and O–H groups in total. The first-order valence-electron chi connectivity index (χ1n) is 5.76. The van der Waals surface area contributed by atoms with Crippen molar-refractivity contribution >= 4 is 0 Å². The van der Waals surface area contributed by atoms with Crippen molar-refractivity contribution in [1.82, 2.24) is 0 Å². The zero-order valence-electron chi connectivity index (χ0n) is 10.0. The van der Waals surface area contributed by atoms with Crippen LogP contribution in [0.15, 0.2) is 48.5 Å². The van der Waals surface area contributed by atoms with Gasteiger partial charge in [0.25, 0.3) is 0 Å². The maximum atomic E-state index is 5.73. The molecule has 88 valence electrons. The SMILES string of the molecule is Cc1ccc(OCc2ccccc2CN)cc1. The molecule has 0 aliphatic carbocycles. The first kappa shape index (κ1) is 11.7. The van der Waals surface area contributed by atoms with Crippen LogP contribution in [-0.2, 0) is 13.2 Å². The molecule has 0 spiro atoms. The molecular formula is C15H17NO. The molecular weight excluding hydrogens is 210 g/mol. The molecule has 2 heteroatoms. The van der Waals surface area contributed by atoms with Crippen molar-refractivity contribution in [2.24, 2.45) is 5.73 Å². The second kappa shape index (κ2) is 5.51. The molecule has 0 radical (unpaired) electrons. The molecule has 0 aliphatic rings. The van der Waals surface area contributed by atoms with Gasteiger partial charge in [-0.1, -0.05) is 42.0 Å². The third kappa shape index (κ3) is 3.08. The molecule has 0 atom stereocenters. The monoisotopic (exact) mass is 227 g/mol. The third-order valence-corrected chi connectivity index (χ3v) is 2.75. The molecule has 2 rings (SSSR count). The number of benzene rings is 2. The van der Waals surface area contributed by atoms with Gasteiger partial charge in [-0.15, -0.1) is 0 Å². The van der Waals surface area contributed by atoms with Gasteiger partial charge in [0.2, 0.25) is 0 Å². The summed E-state index contributed by atoms with van der Waals surface area (Å²) in [6, 6.07) is 16.2. The summed E-state index contributed by atoms with van der Waals surface area (Å²) >= 11 is 0. The fourth-order valence-electron chi connectivity index (χ4n) is 1.69. The van der Waals surface area contributed by atoms with E-state index in [2.05, 4.69) is 13.0 Å². The Morgan fingerprint density at radius 3 is 2.24 bits per heavy atom. The van der Waals surface area contributed by atoms with Crippen LogP contribution in [0.1, 0.15) is 16.7 Å². The van der Waals surface area contributed by atoms with E-state index in [0.717, 1.165) is 16.9 Å². The van der Waals surface area contributed by atoms with Crippen LogP contribution < -0.4 is 10.5 Å². The summed E-state index contributed by atoms with van der Waals surface area (Å²) in [6.07, 6.45) is 0. The average molecular weight is 227 g/mol. The lowest BCUT2D eigenvalue weighted by Crippen LogP contribution is -2.04. The summed E-state index contributed by atoms with van der Waals surface area (Å²) in [5.41, 5.74) is 9.21. The molecule has 0 heterocycles. The van der Waals surface area contributed by atoms with E-state index in [1.54, 1.807) is 0 Å². The molecule has 2 aromatic carbocycles. The molecule has 0 saturated heterocycles. The van der Waals surface area contributed by atoms with Gasteiger partial charge in [0.05, 0.1) is 0 Å². The Balaban J connectivity index is 2.04. The van der Waals surface area contributed by atoms with E-state index in [9.17, 15) is 0 Å². The smallest absolute Gasteiger partial charge is 0.119 e. The van der Waals surface area contributed by atoms with E-state index in [1.165, 1.54) is 5.56 Å². The molecule has 0 unspecified atom stereocenters. The predicted molar refractivity (Wildman–Crippen MR) is 69.8 cm³/mol. The Morgan fingerprint density at radius 1 is 0.941 bits per heavy atom. The second-order valence-electron chi connectivity index (χ2n) is 4.07. The summed E-state index contributed by atoms with van der Waals surface area (Å²) in [5, 5.41) is 0. The van der Waals surface area contributed by atoms with Gasteiger partial charge < -0.3 is 10.5 Å². The van der Waals surface area contributed by atoms with Crippen molar-refractivity contribution in [3.05, 3.63) is 65.2 Å². The number of hydrogen-bond donors (Lipinski definition) is 1. The molecule has 0 saturated carbocycles. The lowest BCUT2D eigenvalue weighted by Gasteiger charge is -2.09. The van der Waals surface area contributed by atoms with Gasteiger partial charge in [0.15, 0.2) is 0 Å². The first-order chi connectivity index (χ1) is 8.29. The first-order valence-corrected chi connectivity index (χ1v) is 5.76. The standard InChI is InChI=1S/C15H17NO/c1-12-6-8-15(9-7-12)17-11-14-5-3-2-4-13(14)10-16/h2-9H,10-11,16H2,1H3. The number of nitrogens with two attached hydrogens (primary N) is 1. The van der Waals surface area contributed by atoms with E-state index in [0.29, 0.717) is 13.2 Å². The molecule has 0 amide bonds. The van der Waals surface area contributed by atoms with Gasteiger partial charge in [-0.25, -0.2) is 0 Å². The minimum atomic E-state index is 0.549. The van der Waals surface area contributed by atoms with Crippen molar-refractivity contribution in [2.45, 2.75) is 20.1 Å². The molecule has 0 fully saturated rings. The normalized spacial score (nSPS) is 10.2. The van der Waals surface area contributed by atoms with Gasteiger partial charge in [-0.3, -0.25) is 0 Å². The Bertz CT molecular complexity index is 477. The maximum absolute atomic E-state index is 5.73. The van der Waals surface area contributed by atoms with E-state index < -0.39 is 0 Å². The Labute approximate surface area is 102 Å². The van der Waals surface area contributed by atoms with Crippen molar-refractivity contribution in [3.63, 3.8) is 0 Å². The minimum Gasteiger partial charge on any atom is -0.489 e. The largest absolute Gasteiger partial charge is 0.489 e. The summed E-state index contributed by atoms with van der Waals surface area (Å²) in [6.45, 7) is 3.18. The number of rotatable bonds is 4. The average Bonchev–Trinajstić information content (AvgIpc) is 2.38. The van der Waals surface area contributed by atoms with Crippen LogP contribution in [0.2, 0.25) is 0 Å². The van der Waals surface area contributed by atoms with Gasteiger partial charge in [0, 0.05) is 6.54 Å². The minimum absolute atomic E-state index is 0.549. The van der Waals surface area contributed by atoms with E-state index in [4.69, 9.17) is 10.5 Å². The lowest BCUT2D eigenvalue weighted by molar-refractivity contribution is 0.305. The highest BCUT2D eigenvalue weighted by molar-refractivity contribution is 5.29. The lowest BCUT2D eigenvalue weighted by atomic mass is 10.1. The van der Waals surface area contributed by atoms with Crippen molar-refractivity contribution in [1.29, 1.82) is 0 Å². The van der Waals surface area contributed by atoms with E-state index in [-0.39, 0.29) is 0 Å². The number of hydrogen-bond acceptors (Lipinski definition) is 2. The van der Waals surface area contributed by atoms with Gasteiger partial charge in [-0.05, 0) is 30.2 Å². The Morgan fingerprint density at radius 2 is 1.59 bits per heavy atom. The van der Waals surface area contributed by atoms with E-state index >= 15 is 0 Å². The summed E-state index contributed by atoms with van der Waals surface area (Å²) in [7, 11) is 0. The van der Waals surface area contributed by atoms with Crippen LogP contribution in [0.25, 0.3) is 0 Å². The van der Waals surface area contributed by atoms with Crippen LogP contribution in [0, 0.1) is 6.92 Å². The molecule has 0 aliphatic heterocycles. The van der Waals surface area contributed by atoms with Crippen LogP contribution >= 0.6 is 0 Å². The van der Waals surface area contributed by atoms with Gasteiger partial charge >= 0.3 is 0 Å². The topological polar surface area (TPSA) is 35.2 Å². The number of ether oxygens (including phenoxy) is 1. The van der Waals surface area contributed by atoms with Crippen LogP contribution in [0.4, 0.5) is 0 Å². The van der Waals surface area contributed by atoms with E-state index in [1.807, 2.05) is 42.5 Å². The third-order valence-electron chi connectivity index (χ3n) is 2.75. The fourth-order valence-corrected chi connectivity index (χ4v) is 1.69. The van der Waals surface area contributed by atoms with Crippen LogP contribution in [0.3, 0.4) is 0 Å². The molecule has 2 nitrogen and oxygen atoms in total. The summed E-state index contributed by atoms with van der Waals surface area (Å²) < 4.78 is 5.73. The van der Waals surface area contributed by atoms with Crippen LogP contribution in [0.5, 0.6) is 5.75 Å². The number of aryl methyl sites for hydroxylation is 1. The van der Waals surface area contributed by atoms with Gasteiger partial charge in [-0.2, -0.15) is 0 Å². The van der Waals surface area contributed by atoms with Gasteiger partial charge in [0.1, 0.15) is 12.4 Å². The fraction of sp³-hybridized carbons (Fsp3) is 0.200. The maximum Gasteiger partial charge on any atom is 0.119 e. The highest BCUT2D eigenvalue weighted by Gasteiger charge is 2.00. The Kier molecular flexibility index (Phi) is 3.78. The Hall–Kier alpha value is -1.80. The predicted octanol–water partition coefficient (Wildman–Crippen LogP) is 3.03. The highest BCUT2D eigenvalue weighted by Crippen LogP contribution is 2.15. The second-order valence-corrected chi connectivity index (χ2v) is 4.07. The summed E-state index contributed by atoms with van der Waals surface area (Å²) in [5.74, 6) is 0.891. The summed E-state index contributed by atoms with van der Waals surface area (Å²) in [4.78, 5) is 0. The van der Waals surface area contributed by atoms with Crippen molar-refractivity contribution in [2.75, 3.05) is 0 Å². The highest BCUT2D eigenvalue weighted by atomic mass is 16.5. The molecule has 0 aromatic heterocycles. The van der Waals surface area contributed by atoms with Crippen LogP contribution in [-0.4, -0.2) is 0 Å². The zero-order chi connectivity index (χ0) is 12.1. The molecule has 0 bridgehead atoms.